The van der Waals surface area contributed by atoms with Crippen LogP contribution in [-0.2, 0) is 24.4 Å². The summed E-state index contributed by atoms with van der Waals surface area (Å²) in [5.74, 6) is 0.902. The van der Waals surface area contributed by atoms with Gasteiger partial charge in [0.2, 0.25) is 11.3 Å². The Hall–Kier alpha value is -3.34. The van der Waals surface area contributed by atoms with Crippen LogP contribution in [0.25, 0.3) is 0 Å². The van der Waals surface area contributed by atoms with Gasteiger partial charge in [0, 0.05) is 25.4 Å². The van der Waals surface area contributed by atoms with Gasteiger partial charge in [0.25, 0.3) is 0 Å². The summed E-state index contributed by atoms with van der Waals surface area (Å²) in [4.78, 5) is 24.9. The standard InChI is InChI=1S/C30H38N2O3/c1-22(2)20-25-12-14-27(15-13-25)23(3)30(34)31-17-8-9-18-32-19-16-28(33)29(24(32)4)35-21-26-10-6-5-7-11-26/h5-7,10-16,19,22-23H,8-9,17-18,20-21H2,1-4H3,(H,31,34). The normalized spacial score (nSPS) is 11.9. The van der Waals surface area contributed by atoms with Crippen LogP contribution in [0.5, 0.6) is 5.75 Å². The fourth-order valence-corrected chi connectivity index (χ4v) is 4.14. The topological polar surface area (TPSA) is 60.3 Å². The van der Waals surface area contributed by atoms with Crippen molar-refractivity contribution in [2.75, 3.05) is 6.54 Å². The minimum absolute atomic E-state index is 0.0535. The summed E-state index contributed by atoms with van der Waals surface area (Å²) in [5, 5.41) is 3.06. The van der Waals surface area contributed by atoms with Gasteiger partial charge in [0.15, 0.2) is 5.75 Å². The molecule has 3 aromatic rings. The minimum Gasteiger partial charge on any atom is -0.483 e. The highest BCUT2D eigenvalue weighted by Gasteiger charge is 2.15. The highest BCUT2D eigenvalue weighted by atomic mass is 16.5. The average molecular weight is 475 g/mol. The van der Waals surface area contributed by atoms with Crippen molar-refractivity contribution in [3.05, 3.63) is 99.5 Å². The van der Waals surface area contributed by atoms with Crippen LogP contribution in [0.4, 0.5) is 0 Å². The molecule has 0 aliphatic heterocycles. The number of rotatable bonds is 12. The number of carbonyl (C=O) groups is 1. The summed E-state index contributed by atoms with van der Waals surface area (Å²) < 4.78 is 7.90. The first-order chi connectivity index (χ1) is 16.8. The molecule has 0 radical (unpaired) electrons. The Kier molecular flexibility index (Phi) is 9.71. The van der Waals surface area contributed by atoms with Crippen LogP contribution in [0, 0.1) is 12.8 Å². The number of ether oxygens (including phenoxy) is 1. The van der Waals surface area contributed by atoms with Crippen molar-refractivity contribution in [2.45, 2.75) is 66.0 Å². The molecule has 1 unspecified atom stereocenters. The lowest BCUT2D eigenvalue weighted by atomic mass is 9.96. The quantitative estimate of drug-likeness (QED) is 0.346. The summed E-state index contributed by atoms with van der Waals surface area (Å²) in [6.45, 7) is 10.0. The molecule has 0 aliphatic rings. The summed E-state index contributed by atoms with van der Waals surface area (Å²) in [5.41, 5.74) is 4.10. The number of aromatic nitrogens is 1. The van der Waals surface area contributed by atoms with Crippen LogP contribution in [0.3, 0.4) is 0 Å². The zero-order valence-corrected chi connectivity index (χ0v) is 21.4. The molecule has 5 heteroatoms. The van der Waals surface area contributed by atoms with Gasteiger partial charge in [0.1, 0.15) is 6.61 Å². The molecule has 0 saturated carbocycles. The molecule has 0 fully saturated rings. The maximum Gasteiger partial charge on any atom is 0.227 e. The summed E-state index contributed by atoms with van der Waals surface area (Å²) in [6.07, 6.45) is 4.62. The molecule has 2 aromatic carbocycles. The van der Waals surface area contributed by atoms with Crippen molar-refractivity contribution in [1.29, 1.82) is 0 Å². The number of pyridine rings is 1. The van der Waals surface area contributed by atoms with Gasteiger partial charge >= 0.3 is 0 Å². The summed E-state index contributed by atoms with van der Waals surface area (Å²) in [6, 6.07) is 19.8. The van der Waals surface area contributed by atoms with E-state index in [1.54, 1.807) is 6.07 Å². The molecule has 1 heterocycles. The van der Waals surface area contributed by atoms with Crippen molar-refractivity contribution in [2.24, 2.45) is 5.92 Å². The fourth-order valence-electron chi connectivity index (χ4n) is 4.14. The maximum atomic E-state index is 12.6. The van der Waals surface area contributed by atoms with E-state index in [1.165, 1.54) is 5.56 Å². The Balaban J connectivity index is 1.44. The van der Waals surface area contributed by atoms with Crippen LogP contribution in [0.2, 0.25) is 0 Å². The lowest BCUT2D eigenvalue weighted by Gasteiger charge is -2.16. The number of amides is 1. The van der Waals surface area contributed by atoms with Gasteiger partial charge in [-0.15, -0.1) is 0 Å². The molecule has 186 valence electrons. The predicted molar refractivity (Wildman–Crippen MR) is 142 cm³/mol. The number of hydrogen-bond donors (Lipinski definition) is 1. The molecule has 1 atom stereocenters. The van der Waals surface area contributed by atoms with E-state index in [0.29, 0.717) is 24.8 Å². The van der Waals surface area contributed by atoms with Crippen LogP contribution < -0.4 is 15.5 Å². The molecule has 1 N–H and O–H groups in total. The first kappa shape index (κ1) is 26.3. The Labute approximate surface area is 209 Å². The van der Waals surface area contributed by atoms with Crippen molar-refractivity contribution < 1.29 is 9.53 Å². The van der Waals surface area contributed by atoms with Gasteiger partial charge < -0.3 is 14.6 Å². The number of nitrogens with one attached hydrogen (secondary N) is 1. The molecule has 0 saturated heterocycles. The third-order valence-electron chi connectivity index (χ3n) is 6.26. The first-order valence-corrected chi connectivity index (χ1v) is 12.6. The molecule has 0 aliphatic carbocycles. The highest BCUT2D eigenvalue weighted by molar-refractivity contribution is 5.83. The minimum atomic E-state index is -0.173. The fraction of sp³-hybridized carbons (Fsp3) is 0.400. The smallest absolute Gasteiger partial charge is 0.227 e. The second kappa shape index (κ2) is 12.9. The van der Waals surface area contributed by atoms with Crippen LogP contribution in [0.15, 0.2) is 71.7 Å². The van der Waals surface area contributed by atoms with E-state index in [0.717, 1.165) is 42.6 Å². The van der Waals surface area contributed by atoms with Gasteiger partial charge in [-0.3, -0.25) is 9.59 Å². The summed E-state index contributed by atoms with van der Waals surface area (Å²) >= 11 is 0. The van der Waals surface area contributed by atoms with E-state index >= 15 is 0 Å². The maximum absolute atomic E-state index is 12.6. The van der Waals surface area contributed by atoms with Gasteiger partial charge in [0.05, 0.1) is 11.6 Å². The molecular weight excluding hydrogens is 436 g/mol. The monoisotopic (exact) mass is 474 g/mol. The zero-order valence-electron chi connectivity index (χ0n) is 21.4. The van der Waals surface area contributed by atoms with Gasteiger partial charge in [-0.2, -0.15) is 0 Å². The van der Waals surface area contributed by atoms with Crippen molar-refractivity contribution in [3.63, 3.8) is 0 Å². The largest absolute Gasteiger partial charge is 0.483 e. The molecule has 1 amide bonds. The van der Waals surface area contributed by atoms with E-state index in [1.807, 2.05) is 54.9 Å². The van der Waals surface area contributed by atoms with Crippen molar-refractivity contribution >= 4 is 5.91 Å². The third kappa shape index (κ3) is 7.84. The molecule has 35 heavy (non-hydrogen) atoms. The second-order valence-corrected chi connectivity index (χ2v) is 9.62. The van der Waals surface area contributed by atoms with E-state index < -0.39 is 0 Å². The number of aryl methyl sites for hydroxylation is 1. The highest BCUT2D eigenvalue weighted by Crippen LogP contribution is 2.18. The zero-order chi connectivity index (χ0) is 25.2. The Morgan fingerprint density at radius 3 is 2.34 bits per heavy atom. The van der Waals surface area contributed by atoms with E-state index in [2.05, 4.69) is 43.4 Å². The number of hydrogen-bond acceptors (Lipinski definition) is 3. The van der Waals surface area contributed by atoms with Crippen molar-refractivity contribution in [3.8, 4) is 5.75 Å². The predicted octanol–water partition coefficient (Wildman–Crippen LogP) is 5.63. The molecule has 0 bridgehead atoms. The second-order valence-electron chi connectivity index (χ2n) is 9.62. The molecule has 1 aromatic heterocycles. The van der Waals surface area contributed by atoms with E-state index in [9.17, 15) is 9.59 Å². The molecule has 5 nitrogen and oxygen atoms in total. The first-order valence-electron chi connectivity index (χ1n) is 12.6. The Bertz CT molecular complexity index is 1130. The van der Waals surface area contributed by atoms with Crippen LogP contribution >= 0.6 is 0 Å². The van der Waals surface area contributed by atoms with Gasteiger partial charge in [-0.1, -0.05) is 68.4 Å². The third-order valence-corrected chi connectivity index (χ3v) is 6.26. The van der Waals surface area contributed by atoms with Gasteiger partial charge in [-0.25, -0.2) is 0 Å². The van der Waals surface area contributed by atoms with Gasteiger partial charge in [-0.05, 0) is 55.7 Å². The SMILES string of the molecule is Cc1c(OCc2ccccc2)c(=O)ccn1CCCCNC(=O)C(C)c1ccc(CC(C)C)cc1. The number of carbonyl (C=O) groups excluding carboxylic acids is 1. The average Bonchev–Trinajstić information content (AvgIpc) is 2.85. The van der Waals surface area contributed by atoms with E-state index in [4.69, 9.17) is 4.74 Å². The molecule has 3 rings (SSSR count). The van der Waals surface area contributed by atoms with E-state index in [-0.39, 0.29) is 17.3 Å². The van der Waals surface area contributed by atoms with Crippen LogP contribution in [0.1, 0.15) is 61.9 Å². The lowest BCUT2D eigenvalue weighted by molar-refractivity contribution is -0.122. The van der Waals surface area contributed by atoms with Crippen molar-refractivity contribution in [1.82, 2.24) is 9.88 Å². The summed E-state index contributed by atoms with van der Waals surface area (Å²) in [7, 11) is 0. The Morgan fingerprint density at radius 1 is 0.943 bits per heavy atom. The Morgan fingerprint density at radius 2 is 1.66 bits per heavy atom. The molecule has 0 spiro atoms. The molecular formula is C30H38N2O3. The van der Waals surface area contributed by atoms with Crippen LogP contribution in [-0.4, -0.2) is 17.0 Å². The number of nitrogens with zero attached hydrogens (tertiary/aromatic N) is 1. The lowest BCUT2D eigenvalue weighted by Crippen LogP contribution is -2.29. The number of unbranched alkanes of at least 4 members (excludes halogenated alkanes) is 1. The number of benzene rings is 2.